The molecule has 0 unspecified atom stereocenters. The lowest BCUT2D eigenvalue weighted by atomic mass is 10.4. The molecular weight excluding hydrogens is 254 g/mol. The molecule has 0 bridgehead atoms. The Morgan fingerprint density at radius 2 is 2.00 bits per heavy atom. The van der Waals surface area contributed by atoms with Gasteiger partial charge in [0.25, 0.3) is 5.91 Å². The summed E-state index contributed by atoms with van der Waals surface area (Å²) in [6, 6.07) is 0. The number of hydrogen-bond donors (Lipinski definition) is 4. The van der Waals surface area contributed by atoms with Gasteiger partial charge < -0.3 is 15.7 Å². The molecule has 9 heteroatoms. The maximum absolute atomic E-state index is 11.6. The molecule has 4 N–H and O–H groups in total. The van der Waals surface area contributed by atoms with Crippen LogP contribution in [0.15, 0.2) is 0 Å². The molecule has 1 fully saturated rings. The largest absolute Gasteiger partial charge is 0.480 e. The molecule has 1 saturated carbocycles. The predicted octanol–water partition coefficient (Wildman–Crippen LogP) is -1.39. The van der Waals surface area contributed by atoms with E-state index in [-0.39, 0.29) is 12.4 Å². The highest BCUT2D eigenvalue weighted by atomic mass is 16.4. The van der Waals surface area contributed by atoms with Gasteiger partial charge in [-0.15, -0.1) is 5.10 Å². The van der Waals surface area contributed by atoms with E-state index < -0.39 is 24.3 Å². The molecule has 1 aliphatic carbocycles. The Morgan fingerprint density at radius 3 is 2.63 bits per heavy atom. The number of hydrogen-bond acceptors (Lipinski definition) is 5. The van der Waals surface area contributed by atoms with E-state index in [1.165, 1.54) is 0 Å². The standard InChI is InChI=1S/C10H13N5O4/c16-6(11-4-7(17)18)3-12-10(19)9-13-8(14-15-9)5-1-2-5/h5H,1-4H2,(H,11,16)(H,12,19)(H,17,18)(H,13,14,15). The number of carbonyl (C=O) groups excluding carboxylic acids is 2. The number of aliphatic carboxylic acids is 1. The SMILES string of the molecule is O=C(O)CNC(=O)CNC(=O)c1n[nH]c(C2CC2)n1. The van der Waals surface area contributed by atoms with Crippen LogP contribution in [0, 0.1) is 0 Å². The van der Waals surface area contributed by atoms with E-state index in [2.05, 4.69) is 25.8 Å². The van der Waals surface area contributed by atoms with E-state index >= 15 is 0 Å². The van der Waals surface area contributed by atoms with Gasteiger partial charge >= 0.3 is 5.97 Å². The summed E-state index contributed by atoms with van der Waals surface area (Å²) in [5.74, 6) is -1.30. The van der Waals surface area contributed by atoms with Crippen molar-refractivity contribution in [3.63, 3.8) is 0 Å². The molecule has 19 heavy (non-hydrogen) atoms. The summed E-state index contributed by atoms with van der Waals surface area (Å²) < 4.78 is 0. The first-order valence-electron chi connectivity index (χ1n) is 5.75. The van der Waals surface area contributed by atoms with Crippen molar-refractivity contribution in [2.45, 2.75) is 18.8 Å². The Kier molecular flexibility index (Phi) is 3.74. The number of nitrogens with zero attached hydrogens (tertiary/aromatic N) is 2. The van der Waals surface area contributed by atoms with Crippen LogP contribution in [-0.2, 0) is 9.59 Å². The number of nitrogens with one attached hydrogen (secondary N) is 3. The van der Waals surface area contributed by atoms with Gasteiger partial charge in [0, 0.05) is 5.92 Å². The van der Waals surface area contributed by atoms with Crippen LogP contribution in [0.1, 0.15) is 35.2 Å². The van der Waals surface area contributed by atoms with Crippen LogP contribution in [-0.4, -0.2) is 51.2 Å². The van der Waals surface area contributed by atoms with E-state index in [0.717, 1.165) is 12.8 Å². The quantitative estimate of drug-likeness (QED) is 0.501. The van der Waals surface area contributed by atoms with Gasteiger partial charge in [-0.3, -0.25) is 19.5 Å². The van der Waals surface area contributed by atoms with E-state index in [1.807, 2.05) is 0 Å². The van der Waals surface area contributed by atoms with Crippen molar-refractivity contribution in [3.05, 3.63) is 11.6 Å². The summed E-state index contributed by atoms with van der Waals surface area (Å²) in [7, 11) is 0. The number of H-pyrrole nitrogens is 1. The van der Waals surface area contributed by atoms with Gasteiger partial charge in [-0.1, -0.05) is 0 Å². The molecule has 102 valence electrons. The second-order valence-electron chi connectivity index (χ2n) is 4.17. The van der Waals surface area contributed by atoms with Gasteiger partial charge in [0.2, 0.25) is 11.7 Å². The van der Waals surface area contributed by atoms with Crippen LogP contribution in [0.4, 0.5) is 0 Å². The molecule has 1 heterocycles. The van der Waals surface area contributed by atoms with Crippen molar-refractivity contribution < 1.29 is 19.5 Å². The molecule has 1 aromatic heterocycles. The number of aromatic amines is 1. The zero-order chi connectivity index (χ0) is 13.8. The molecule has 1 aliphatic rings. The molecule has 0 radical (unpaired) electrons. The van der Waals surface area contributed by atoms with E-state index in [0.29, 0.717) is 11.7 Å². The van der Waals surface area contributed by atoms with Crippen LogP contribution in [0.5, 0.6) is 0 Å². The van der Waals surface area contributed by atoms with Gasteiger partial charge in [-0.25, -0.2) is 4.98 Å². The Bertz CT molecular complexity index is 508. The third-order valence-electron chi connectivity index (χ3n) is 2.52. The molecule has 0 saturated heterocycles. The molecule has 0 aliphatic heterocycles. The second-order valence-corrected chi connectivity index (χ2v) is 4.17. The summed E-state index contributed by atoms with van der Waals surface area (Å²) >= 11 is 0. The van der Waals surface area contributed by atoms with Gasteiger partial charge in [0.05, 0.1) is 6.54 Å². The van der Waals surface area contributed by atoms with Crippen molar-refractivity contribution in [2.24, 2.45) is 0 Å². The van der Waals surface area contributed by atoms with E-state index in [9.17, 15) is 14.4 Å². The zero-order valence-electron chi connectivity index (χ0n) is 9.97. The Morgan fingerprint density at radius 1 is 1.26 bits per heavy atom. The van der Waals surface area contributed by atoms with Gasteiger partial charge in [-0.2, -0.15) is 0 Å². The molecule has 2 rings (SSSR count). The first kappa shape index (κ1) is 13.0. The van der Waals surface area contributed by atoms with E-state index in [4.69, 9.17) is 5.11 Å². The van der Waals surface area contributed by atoms with Crippen molar-refractivity contribution in [2.75, 3.05) is 13.1 Å². The third kappa shape index (κ3) is 3.76. The Hall–Kier alpha value is -2.45. The number of aromatic nitrogens is 3. The lowest BCUT2D eigenvalue weighted by molar-refractivity contribution is -0.137. The average molecular weight is 267 g/mol. The second kappa shape index (κ2) is 5.46. The fraction of sp³-hybridized carbons (Fsp3) is 0.500. The number of carboxylic acid groups (broad SMARTS) is 1. The van der Waals surface area contributed by atoms with Crippen molar-refractivity contribution in [3.8, 4) is 0 Å². The highest BCUT2D eigenvalue weighted by Crippen LogP contribution is 2.37. The van der Waals surface area contributed by atoms with Crippen molar-refractivity contribution >= 4 is 17.8 Å². The highest BCUT2D eigenvalue weighted by molar-refractivity contribution is 5.93. The fourth-order valence-corrected chi connectivity index (χ4v) is 1.39. The summed E-state index contributed by atoms with van der Waals surface area (Å²) in [4.78, 5) is 37.0. The monoisotopic (exact) mass is 267 g/mol. The lowest BCUT2D eigenvalue weighted by Crippen LogP contribution is -2.39. The summed E-state index contributed by atoms with van der Waals surface area (Å²) in [5, 5.41) is 19.2. The van der Waals surface area contributed by atoms with Gasteiger partial charge in [-0.05, 0) is 12.8 Å². The van der Waals surface area contributed by atoms with Gasteiger partial charge in [0.15, 0.2) is 0 Å². The molecule has 0 atom stereocenters. The highest BCUT2D eigenvalue weighted by Gasteiger charge is 2.28. The van der Waals surface area contributed by atoms with Crippen LogP contribution in [0.25, 0.3) is 0 Å². The molecular formula is C10H13N5O4. The van der Waals surface area contributed by atoms with Crippen molar-refractivity contribution in [1.29, 1.82) is 0 Å². The van der Waals surface area contributed by atoms with Gasteiger partial charge in [0.1, 0.15) is 12.4 Å². The molecule has 0 aromatic carbocycles. The first-order chi connectivity index (χ1) is 9.06. The third-order valence-corrected chi connectivity index (χ3v) is 2.52. The smallest absolute Gasteiger partial charge is 0.322 e. The van der Waals surface area contributed by atoms with Crippen molar-refractivity contribution in [1.82, 2.24) is 25.8 Å². The van der Waals surface area contributed by atoms with Crippen LogP contribution in [0.3, 0.4) is 0 Å². The first-order valence-corrected chi connectivity index (χ1v) is 5.75. The minimum Gasteiger partial charge on any atom is -0.480 e. The molecule has 9 nitrogen and oxygen atoms in total. The maximum Gasteiger partial charge on any atom is 0.322 e. The van der Waals surface area contributed by atoms with E-state index in [1.54, 1.807) is 0 Å². The minimum absolute atomic E-state index is 0.0204. The van der Waals surface area contributed by atoms with Crippen LogP contribution in [0.2, 0.25) is 0 Å². The fourth-order valence-electron chi connectivity index (χ4n) is 1.39. The number of carboxylic acids is 1. The summed E-state index contributed by atoms with van der Waals surface area (Å²) in [6.45, 7) is -0.805. The average Bonchev–Trinajstić information content (AvgIpc) is 3.11. The molecule has 2 amide bonds. The number of rotatable bonds is 6. The Balaban J connectivity index is 1.76. The van der Waals surface area contributed by atoms with Crippen LogP contribution < -0.4 is 10.6 Å². The molecule has 1 aromatic rings. The summed E-state index contributed by atoms with van der Waals surface area (Å²) in [6.07, 6.45) is 2.07. The number of carbonyl (C=O) groups is 3. The van der Waals surface area contributed by atoms with Crippen LogP contribution >= 0.6 is 0 Å². The summed E-state index contributed by atoms with van der Waals surface area (Å²) in [5.41, 5.74) is 0. The zero-order valence-corrected chi connectivity index (χ0v) is 9.97. The normalized spacial score (nSPS) is 13.9. The number of amides is 2. The minimum atomic E-state index is -1.15. The maximum atomic E-state index is 11.6. The predicted molar refractivity (Wildman–Crippen MR) is 61.3 cm³/mol. The topological polar surface area (TPSA) is 137 Å². The lowest BCUT2D eigenvalue weighted by Gasteiger charge is -2.02. The molecule has 0 spiro atoms. The Labute approximate surface area is 107 Å².